The van der Waals surface area contributed by atoms with Crippen LogP contribution in [0.25, 0.3) is 0 Å². The first-order valence-electron chi connectivity index (χ1n) is 7.48. The van der Waals surface area contributed by atoms with Gasteiger partial charge >= 0.3 is 0 Å². The van der Waals surface area contributed by atoms with E-state index in [4.69, 9.17) is 4.74 Å². The summed E-state index contributed by atoms with van der Waals surface area (Å²) >= 11 is 0. The van der Waals surface area contributed by atoms with Gasteiger partial charge in [0.05, 0.1) is 24.2 Å². The van der Waals surface area contributed by atoms with Crippen molar-refractivity contribution in [1.29, 1.82) is 0 Å². The summed E-state index contributed by atoms with van der Waals surface area (Å²) in [5.74, 6) is 1.61. The van der Waals surface area contributed by atoms with Crippen molar-refractivity contribution in [3.05, 3.63) is 18.1 Å². The first-order chi connectivity index (χ1) is 9.69. The Balaban J connectivity index is 1.87. The average molecular weight is 278 g/mol. The van der Waals surface area contributed by atoms with Gasteiger partial charge in [0, 0.05) is 26.7 Å². The number of rotatable bonds is 6. The molecule has 1 N–H and O–H groups in total. The quantitative estimate of drug-likeness (QED) is 0.860. The van der Waals surface area contributed by atoms with Gasteiger partial charge in [-0.2, -0.15) is 0 Å². The van der Waals surface area contributed by atoms with Crippen LogP contribution in [0, 0.1) is 5.92 Å². The molecule has 0 saturated carbocycles. The number of anilines is 1. The third kappa shape index (κ3) is 4.42. The van der Waals surface area contributed by atoms with E-state index in [-0.39, 0.29) is 0 Å². The summed E-state index contributed by atoms with van der Waals surface area (Å²) < 4.78 is 5.44. The van der Waals surface area contributed by atoms with E-state index in [2.05, 4.69) is 34.0 Å². The molecule has 1 unspecified atom stereocenters. The SMILES string of the molecule is COC1CCCN(c2cnc(CNCC(C)C)cn2)C1. The summed E-state index contributed by atoms with van der Waals surface area (Å²) in [5, 5.41) is 3.38. The molecule has 1 aliphatic heterocycles. The monoisotopic (exact) mass is 278 g/mol. The molecule has 0 aromatic carbocycles. The van der Waals surface area contributed by atoms with Crippen molar-refractivity contribution in [2.75, 3.05) is 31.6 Å². The number of methoxy groups -OCH3 is 1. The zero-order valence-electron chi connectivity index (χ0n) is 12.8. The summed E-state index contributed by atoms with van der Waals surface area (Å²) in [6.07, 6.45) is 6.36. The van der Waals surface area contributed by atoms with Crippen molar-refractivity contribution in [3.63, 3.8) is 0 Å². The zero-order chi connectivity index (χ0) is 14.4. The molecule has 0 bridgehead atoms. The molecule has 5 nitrogen and oxygen atoms in total. The van der Waals surface area contributed by atoms with Crippen LogP contribution in [-0.4, -0.2) is 42.8 Å². The minimum absolute atomic E-state index is 0.318. The molecule has 0 amide bonds. The minimum Gasteiger partial charge on any atom is -0.380 e. The van der Waals surface area contributed by atoms with Crippen molar-refractivity contribution >= 4 is 5.82 Å². The Morgan fingerprint density at radius 2 is 2.25 bits per heavy atom. The molecule has 2 rings (SSSR count). The Morgan fingerprint density at radius 3 is 2.90 bits per heavy atom. The highest BCUT2D eigenvalue weighted by atomic mass is 16.5. The van der Waals surface area contributed by atoms with Gasteiger partial charge < -0.3 is 15.0 Å². The Labute approximate surface area is 121 Å². The van der Waals surface area contributed by atoms with Crippen LogP contribution in [-0.2, 0) is 11.3 Å². The fourth-order valence-corrected chi connectivity index (χ4v) is 2.43. The summed E-state index contributed by atoms with van der Waals surface area (Å²) in [6.45, 7) is 8.14. The highest BCUT2D eigenvalue weighted by Crippen LogP contribution is 2.18. The van der Waals surface area contributed by atoms with Crippen LogP contribution >= 0.6 is 0 Å². The molecule has 0 radical (unpaired) electrons. The average Bonchev–Trinajstić information content (AvgIpc) is 2.48. The number of aromatic nitrogens is 2. The second kappa shape index (κ2) is 7.55. The van der Waals surface area contributed by atoms with Crippen LogP contribution in [0.3, 0.4) is 0 Å². The van der Waals surface area contributed by atoms with E-state index in [0.29, 0.717) is 12.0 Å². The largest absolute Gasteiger partial charge is 0.380 e. The fourth-order valence-electron chi connectivity index (χ4n) is 2.43. The summed E-state index contributed by atoms with van der Waals surface area (Å²) in [4.78, 5) is 11.3. The Bertz CT molecular complexity index is 393. The van der Waals surface area contributed by atoms with Crippen LogP contribution in [0.1, 0.15) is 32.4 Å². The van der Waals surface area contributed by atoms with Gasteiger partial charge in [0.15, 0.2) is 0 Å². The van der Waals surface area contributed by atoms with Crippen molar-refractivity contribution < 1.29 is 4.74 Å². The maximum absolute atomic E-state index is 5.44. The number of nitrogens with one attached hydrogen (secondary N) is 1. The molecule has 1 saturated heterocycles. The zero-order valence-corrected chi connectivity index (χ0v) is 12.8. The van der Waals surface area contributed by atoms with Crippen LogP contribution in [0.5, 0.6) is 0 Å². The molecule has 0 aliphatic carbocycles. The lowest BCUT2D eigenvalue weighted by Crippen LogP contribution is -2.39. The smallest absolute Gasteiger partial charge is 0.147 e. The third-order valence-electron chi connectivity index (χ3n) is 3.59. The highest BCUT2D eigenvalue weighted by molar-refractivity contribution is 5.36. The van der Waals surface area contributed by atoms with Crippen molar-refractivity contribution in [1.82, 2.24) is 15.3 Å². The summed E-state index contributed by atoms with van der Waals surface area (Å²) in [5.41, 5.74) is 0.995. The third-order valence-corrected chi connectivity index (χ3v) is 3.59. The minimum atomic E-state index is 0.318. The van der Waals surface area contributed by atoms with Gasteiger partial charge in [0.25, 0.3) is 0 Å². The van der Waals surface area contributed by atoms with E-state index < -0.39 is 0 Å². The van der Waals surface area contributed by atoms with E-state index in [0.717, 1.165) is 50.5 Å². The van der Waals surface area contributed by atoms with Crippen LogP contribution < -0.4 is 10.2 Å². The van der Waals surface area contributed by atoms with Crippen molar-refractivity contribution in [3.8, 4) is 0 Å². The Hall–Kier alpha value is -1.20. The predicted octanol–water partition coefficient (Wildman–Crippen LogP) is 1.84. The molecular weight excluding hydrogens is 252 g/mol. The van der Waals surface area contributed by atoms with E-state index in [1.54, 1.807) is 7.11 Å². The molecule has 1 aromatic heterocycles. The molecule has 1 aromatic rings. The standard InChI is InChI=1S/C15H26N4O/c1-12(2)7-16-8-13-9-18-15(10-17-13)19-6-4-5-14(11-19)20-3/h9-10,12,14,16H,4-8,11H2,1-3H3. The second-order valence-corrected chi connectivity index (χ2v) is 5.84. The number of nitrogens with zero attached hydrogens (tertiary/aromatic N) is 3. The molecular formula is C15H26N4O. The molecule has 5 heteroatoms. The van der Waals surface area contributed by atoms with E-state index in [1.165, 1.54) is 0 Å². The molecule has 1 atom stereocenters. The summed E-state index contributed by atoms with van der Waals surface area (Å²) in [6, 6.07) is 0. The van der Waals surface area contributed by atoms with Gasteiger partial charge in [-0.15, -0.1) is 0 Å². The van der Waals surface area contributed by atoms with Crippen LogP contribution in [0.2, 0.25) is 0 Å². The molecule has 1 fully saturated rings. The second-order valence-electron chi connectivity index (χ2n) is 5.84. The van der Waals surface area contributed by atoms with Gasteiger partial charge in [-0.05, 0) is 25.3 Å². The lowest BCUT2D eigenvalue weighted by molar-refractivity contribution is 0.0891. The van der Waals surface area contributed by atoms with Crippen LogP contribution in [0.4, 0.5) is 5.82 Å². The molecule has 0 spiro atoms. The Morgan fingerprint density at radius 1 is 1.40 bits per heavy atom. The summed E-state index contributed by atoms with van der Waals surface area (Å²) in [7, 11) is 1.78. The first-order valence-corrected chi connectivity index (χ1v) is 7.48. The van der Waals surface area contributed by atoms with Gasteiger partial charge in [-0.25, -0.2) is 4.98 Å². The first kappa shape index (κ1) is 15.2. The van der Waals surface area contributed by atoms with Gasteiger partial charge in [-0.1, -0.05) is 13.8 Å². The van der Waals surface area contributed by atoms with Gasteiger partial charge in [-0.3, -0.25) is 4.98 Å². The predicted molar refractivity (Wildman–Crippen MR) is 80.8 cm³/mol. The molecule has 112 valence electrons. The van der Waals surface area contributed by atoms with Crippen molar-refractivity contribution in [2.24, 2.45) is 5.92 Å². The highest BCUT2D eigenvalue weighted by Gasteiger charge is 2.20. The molecule has 20 heavy (non-hydrogen) atoms. The van der Waals surface area contributed by atoms with Crippen LogP contribution in [0.15, 0.2) is 12.4 Å². The molecule has 1 aliphatic rings. The topological polar surface area (TPSA) is 50.3 Å². The van der Waals surface area contributed by atoms with Crippen molar-refractivity contribution in [2.45, 2.75) is 39.3 Å². The molecule has 2 heterocycles. The maximum Gasteiger partial charge on any atom is 0.147 e. The Kier molecular flexibility index (Phi) is 5.73. The van der Waals surface area contributed by atoms with Gasteiger partial charge in [0.1, 0.15) is 5.82 Å². The van der Waals surface area contributed by atoms with E-state index >= 15 is 0 Å². The fraction of sp³-hybridized carbons (Fsp3) is 0.733. The number of hydrogen-bond acceptors (Lipinski definition) is 5. The number of hydrogen-bond donors (Lipinski definition) is 1. The van der Waals surface area contributed by atoms with E-state index in [9.17, 15) is 0 Å². The van der Waals surface area contributed by atoms with E-state index in [1.807, 2.05) is 12.4 Å². The lowest BCUT2D eigenvalue weighted by atomic mass is 10.1. The lowest BCUT2D eigenvalue weighted by Gasteiger charge is -2.32. The number of piperidine rings is 1. The maximum atomic E-state index is 5.44. The van der Waals surface area contributed by atoms with Gasteiger partial charge in [0.2, 0.25) is 0 Å². The number of ether oxygens (including phenoxy) is 1. The normalized spacial score (nSPS) is 19.6.